The third kappa shape index (κ3) is 3.68. The summed E-state index contributed by atoms with van der Waals surface area (Å²) >= 11 is 0. The molecule has 1 fully saturated rings. The van der Waals surface area contributed by atoms with Gasteiger partial charge in [-0.1, -0.05) is 6.92 Å². The zero-order chi connectivity index (χ0) is 18.8. The molecule has 1 saturated heterocycles. The van der Waals surface area contributed by atoms with Crippen molar-refractivity contribution in [2.24, 2.45) is 5.92 Å². The highest BCUT2D eigenvalue weighted by Gasteiger charge is 2.20. The van der Waals surface area contributed by atoms with Gasteiger partial charge in [0.05, 0.1) is 25.1 Å². The molecule has 0 atom stereocenters. The van der Waals surface area contributed by atoms with E-state index in [1.165, 1.54) is 12.1 Å². The van der Waals surface area contributed by atoms with Gasteiger partial charge in [0, 0.05) is 53.9 Å². The van der Waals surface area contributed by atoms with Crippen molar-refractivity contribution in [3.63, 3.8) is 0 Å². The fourth-order valence-electron chi connectivity index (χ4n) is 3.17. The third-order valence-corrected chi connectivity index (χ3v) is 4.71. The summed E-state index contributed by atoms with van der Waals surface area (Å²) in [5.74, 6) is 0.125. The third-order valence-electron chi connectivity index (χ3n) is 4.71. The summed E-state index contributed by atoms with van der Waals surface area (Å²) in [5, 5.41) is 4.32. The van der Waals surface area contributed by atoms with Crippen LogP contribution in [-0.4, -0.2) is 32.5 Å². The Bertz CT molecular complexity index is 1010. The smallest absolute Gasteiger partial charge is 0.250 e. The fraction of sp³-hybridized carbons (Fsp3) is 0.350. The second-order valence-electron chi connectivity index (χ2n) is 6.86. The zero-order valence-corrected chi connectivity index (χ0v) is 15.1. The van der Waals surface area contributed by atoms with Crippen molar-refractivity contribution in [2.45, 2.75) is 26.3 Å². The van der Waals surface area contributed by atoms with Gasteiger partial charge in [-0.05, 0) is 25.0 Å². The van der Waals surface area contributed by atoms with Crippen LogP contribution in [0.4, 0.5) is 4.39 Å². The number of halogens is 1. The van der Waals surface area contributed by atoms with Crippen LogP contribution < -0.4 is 5.56 Å². The van der Waals surface area contributed by atoms with Gasteiger partial charge < -0.3 is 9.30 Å². The topological polar surface area (TPSA) is 61.9 Å². The Morgan fingerprint density at radius 1 is 1.26 bits per heavy atom. The number of ether oxygens (including phenoxy) is 1. The molecule has 1 aliphatic rings. The maximum atomic E-state index is 14.6. The van der Waals surface area contributed by atoms with Crippen LogP contribution in [0.2, 0.25) is 0 Å². The number of hydrogen-bond acceptors (Lipinski definition) is 4. The predicted octanol–water partition coefficient (Wildman–Crippen LogP) is 2.83. The number of nitrogens with zero attached hydrogens (tertiary/aromatic N) is 4. The highest BCUT2D eigenvalue weighted by molar-refractivity contribution is 5.62. The molecule has 0 N–H and O–H groups in total. The average Bonchev–Trinajstić information content (AvgIpc) is 3.10. The summed E-state index contributed by atoms with van der Waals surface area (Å²) < 4.78 is 23.0. The molecule has 3 aromatic heterocycles. The molecular weight excluding hydrogens is 347 g/mol. The van der Waals surface area contributed by atoms with E-state index in [2.05, 4.69) is 10.1 Å². The quantitative estimate of drug-likeness (QED) is 0.671. The minimum absolute atomic E-state index is 0.0457. The van der Waals surface area contributed by atoms with Crippen molar-refractivity contribution >= 4 is 0 Å². The predicted molar refractivity (Wildman–Crippen MR) is 99.3 cm³/mol. The SMILES string of the molecule is CCCn1cc(-n2cc(-c3cnc(CC4COC4)cc3F)cn2)ccc1=O. The van der Waals surface area contributed by atoms with E-state index >= 15 is 0 Å². The number of aryl methyl sites for hydroxylation is 1. The van der Waals surface area contributed by atoms with Gasteiger partial charge in [0.1, 0.15) is 5.82 Å². The minimum Gasteiger partial charge on any atom is -0.381 e. The lowest BCUT2D eigenvalue weighted by molar-refractivity contribution is -0.0316. The molecule has 27 heavy (non-hydrogen) atoms. The lowest BCUT2D eigenvalue weighted by Crippen LogP contribution is -2.29. The van der Waals surface area contributed by atoms with Crippen LogP contribution in [0.1, 0.15) is 19.0 Å². The van der Waals surface area contributed by atoms with E-state index in [1.54, 1.807) is 40.1 Å². The molecule has 4 heterocycles. The van der Waals surface area contributed by atoms with Gasteiger partial charge in [-0.25, -0.2) is 9.07 Å². The van der Waals surface area contributed by atoms with E-state index < -0.39 is 0 Å². The van der Waals surface area contributed by atoms with Gasteiger partial charge in [0.2, 0.25) is 0 Å². The maximum absolute atomic E-state index is 14.6. The molecule has 0 amide bonds. The molecule has 0 saturated carbocycles. The Morgan fingerprint density at radius 3 is 2.81 bits per heavy atom. The first-order valence-corrected chi connectivity index (χ1v) is 9.12. The Balaban J connectivity index is 1.59. The second-order valence-corrected chi connectivity index (χ2v) is 6.86. The van der Waals surface area contributed by atoms with Crippen molar-refractivity contribution in [1.29, 1.82) is 0 Å². The van der Waals surface area contributed by atoms with Crippen LogP contribution in [0, 0.1) is 11.7 Å². The summed E-state index contributed by atoms with van der Waals surface area (Å²) in [6.45, 7) is 4.10. The number of hydrogen-bond donors (Lipinski definition) is 0. The van der Waals surface area contributed by atoms with Crippen LogP contribution in [-0.2, 0) is 17.7 Å². The van der Waals surface area contributed by atoms with Crippen molar-refractivity contribution in [3.8, 4) is 16.8 Å². The Morgan fingerprint density at radius 2 is 2.11 bits per heavy atom. The maximum Gasteiger partial charge on any atom is 0.250 e. The first kappa shape index (κ1) is 17.6. The zero-order valence-electron chi connectivity index (χ0n) is 15.1. The molecular formula is C20H21FN4O2. The van der Waals surface area contributed by atoms with Crippen molar-refractivity contribution in [1.82, 2.24) is 19.3 Å². The van der Waals surface area contributed by atoms with Gasteiger partial charge in [-0.2, -0.15) is 5.10 Å². The minimum atomic E-state index is -0.309. The highest BCUT2D eigenvalue weighted by Crippen LogP contribution is 2.24. The molecule has 0 radical (unpaired) electrons. The normalized spacial score (nSPS) is 14.3. The van der Waals surface area contributed by atoms with Gasteiger partial charge in [0.15, 0.2) is 0 Å². The van der Waals surface area contributed by atoms with Gasteiger partial charge in [0.25, 0.3) is 5.56 Å². The molecule has 0 bridgehead atoms. The first-order chi connectivity index (χ1) is 13.1. The Kier molecular flexibility index (Phi) is 4.85. The van der Waals surface area contributed by atoms with Crippen LogP contribution in [0.5, 0.6) is 0 Å². The van der Waals surface area contributed by atoms with E-state index in [4.69, 9.17) is 4.74 Å². The van der Waals surface area contributed by atoms with E-state index in [0.717, 1.165) is 37.4 Å². The lowest BCUT2D eigenvalue weighted by Gasteiger charge is -2.25. The molecule has 0 unspecified atom stereocenters. The van der Waals surface area contributed by atoms with E-state index in [-0.39, 0.29) is 11.4 Å². The summed E-state index contributed by atoms with van der Waals surface area (Å²) in [4.78, 5) is 16.3. The number of pyridine rings is 2. The Labute approximate surface area is 156 Å². The van der Waals surface area contributed by atoms with Gasteiger partial charge in [-0.3, -0.25) is 9.78 Å². The molecule has 0 aliphatic carbocycles. The van der Waals surface area contributed by atoms with Crippen LogP contribution in [0.15, 0.2) is 47.8 Å². The molecule has 1 aliphatic heterocycles. The standard InChI is InChI=1S/C20H21FN4O2/c1-2-5-24-11-17(3-4-20(24)26)25-10-15(8-23-25)18-9-22-16(7-19(18)21)6-14-12-27-13-14/h3-4,7-11,14H,2,5-6,12-13H2,1H3. The van der Waals surface area contributed by atoms with Gasteiger partial charge >= 0.3 is 0 Å². The summed E-state index contributed by atoms with van der Waals surface area (Å²) in [6.07, 6.45) is 8.27. The molecule has 140 valence electrons. The number of aromatic nitrogens is 4. The monoisotopic (exact) mass is 368 g/mol. The van der Waals surface area contributed by atoms with Crippen molar-refractivity contribution < 1.29 is 9.13 Å². The van der Waals surface area contributed by atoms with Crippen molar-refractivity contribution in [3.05, 3.63) is 64.9 Å². The summed E-state index contributed by atoms with van der Waals surface area (Å²) in [6, 6.07) is 4.73. The average molecular weight is 368 g/mol. The molecule has 7 heteroatoms. The van der Waals surface area contributed by atoms with Crippen LogP contribution in [0.3, 0.4) is 0 Å². The van der Waals surface area contributed by atoms with E-state index in [1.807, 2.05) is 6.92 Å². The molecule has 0 spiro atoms. The van der Waals surface area contributed by atoms with E-state index in [9.17, 15) is 9.18 Å². The molecule has 0 aromatic carbocycles. The van der Waals surface area contributed by atoms with Crippen molar-refractivity contribution in [2.75, 3.05) is 13.2 Å². The molecule has 4 rings (SSSR count). The van der Waals surface area contributed by atoms with Crippen LogP contribution in [0.25, 0.3) is 16.8 Å². The second kappa shape index (κ2) is 7.44. The molecule has 6 nitrogen and oxygen atoms in total. The van der Waals surface area contributed by atoms with E-state index in [0.29, 0.717) is 23.6 Å². The van der Waals surface area contributed by atoms with Crippen LogP contribution >= 0.6 is 0 Å². The Hall–Kier alpha value is -2.80. The number of rotatable bonds is 6. The fourth-order valence-corrected chi connectivity index (χ4v) is 3.17. The summed E-state index contributed by atoms with van der Waals surface area (Å²) in [5.41, 5.74) is 2.51. The largest absolute Gasteiger partial charge is 0.381 e. The first-order valence-electron chi connectivity index (χ1n) is 9.12. The summed E-state index contributed by atoms with van der Waals surface area (Å²) in [7, 11) is 0. The lowest BCUT2D eigenvalue weighted by atomic mass is 10.0. The highest BCUT2D eigenvalue weighted by atomic mass is 19.1. The van der Waals surface area contributed by atoms with Gasteiger partial charge in [-0.15, -0.1) is 0 Å². The molecule has 3 aromatic rings.